The van der Waals surface area contributed by atoms with Crippen molar-refractivity contribution in [2.45, 2.75) is 71.0 Å². The van der Waals surface area contributed by atoms with Crippen LogP contribution in [-0.2, 0) is 21.6 Å². The lowest BCUT2D eigenvalue weighted by Crippen LogP contribution is -2.64. The minimum atomic E-state index is -2.72. The van der Waals surface area contributed by atoms with Gasteiger partial charge in [-0.3, -0.25) is 4.98 Å². The number of carbonyl (C=O) groups excluding carboxylic acids is 1. The number of carbonyl (C=O) groups is 1. The minimum absolute atomic E-state index is 0.210. The van der Waals surface area contributed by atoms with Gasteiger partial charge < -0.3 is 21.6 Å². The molecule has 0 heterocycles. The van der Waals surface area contributed by atoms with Crippen molar-refractivity contribution in [3.05, 3.63) is 0 Å². The zero-order valence-electron chi connectivity index (χ0n) is 16.7. The first-order valence-electron chi connectivity index (χ1n) is 8.44. The fourth-order valence-electron chi connectivity index (χ4n) is 2.70. The number of hydrogen-bond acceptors (Lipinski definition) is 6. The molecule has 1 atom stereocenters. The molecule has 1 N–H and O–H groups in total. The van der Waals surface area contributed by atoms with Crippen molar-refractivity contribution >= 4 is 48.9 Å². The summed E-state index contributed by atoms with van der Waals surface area (Å²) in [5, 5.41) is 0. The van der Waals surface area contributed by atoms with E-state index in [2.05, 4.69) is 37.7 Å². The Morgan fingerprint density at radius 2 is 1.50 bits per heavy atom. The quantitative estimate of drug-likeness (QED) is 0.382. The Morgan fingerprint density at radius 3 is 1.92 bits per heavy atom. The average molecular weight is 426 g/mol. The van der Waals surface area contributed by atoms with Crippen molar-refractivity contribution in [3.63, 3.8) is 0 Å². The lowest BCUT2D eigenvalue weighted by Gasteiger charge is -2.41. The third-order valence-electron chi connectivity index (χ3n) is 2.99. The Morgan fingerprint density at radius 1 is 0.958 bits per heavy atom. The maximum atomic E-state index is 12.0. The topological polar surface area (TPSA) is 73.9 Å². The van der Waals surface area contributed by atoms with Crippen molar-refractivity contribution < 1.29 is 21.6 Å². The highest BCUT2D eigenvalue weighted by Gasteiger charge is 2.46. The van der Waals surface area contributed by atoms with Gasteiger partial charge >= 0.3 is 17.3 Å². The normalized spacial score (nSPS) is 15.9. The molecule has 0 aromatic heterocycles. The van der Waals surface area contributed by atoms with Gasteiger partial charge in [-0.15, -0.1) is 0 Å². The van der Waals surface area contributed by atoms with Crippen LogP contribution < -0.4 is 4.98 Å². The summed E-state index contributed by atoms with van der Waals surface area (Å²) in [5.74, 6) is 0. The highest BCUT2D eigenvalue weighted by atomic mass is 28.5. The summed E-state index contributed by atoms with van der Waals surface area (Å²) in [7, 11) is -10.7. The average Bonchev–Trinajstić information content (AvgIpc) is 2.30. The third kappa shape index (κ3) is 11.1. The molecule has 0 aromatic rings. The van der Waals surface area contributed by atoms with Crippen LogP contribution in [0.5, 0.6) is 0 Å². The summed E-state index contributed by atoms with van der Waals surface area (Å²) in [6.07, 6.45) is 0.823. The van der Waals surface area contributed by atoms with E-state index >= 15 is 0 Å². The van der Waals surface area contributed by atoms with Crippen LogP contribution in [0.1, 0.15) is 6.92 Å². The second-order valence-electron chi connectivity index (χ2n) is 8.14. The maximum Gasteiger partial charge on any atom is 0.402 e. The number of aldehydes is 1. The minimum Gasteiger partial charge on any atom is -0.436 e. The van der Waals surface area contributed by atoms with Gasteiger partial charge in [-0.2, -0.15) is 0 Å². The molecule has 0 spiro atoms. The van der Waals surface area contributed by atoms with E-state index in [1.54, 1.807) is 0 Å². The molecule has 24 heavy (non-hydrogen) atoms. The molecule has 0 bridgehead atoms. The molecule has 142 valence electrons. The SMILES string of the molecule is CC[Si](=O)C[Si](C)(C)O[Si](C)(C)O[Si](C)(NCC=O)O[Si](C)(C)C. The van der Waals surface area contributed by atoms with Gasteiger partial charge in [0.15, 0.2) is 16.6 Å². The van der Waals surface area contributed by atoms with Crippen LogP contribution in [-0.4, -0.2) is 55.4 Å². The predicted octanol–water partition coefficient (Wildman–Crippen LogP) is 3.12. The summed E-state index contributed by atoms with van der Waals surface area (Å²) in [6.45, 7) is 18.6. The Hall–Kier alpha value is 0.394. The van der Waals surface area contributed by atoms with Crippen LogP contribution >= 0.6 is 0 Å². The van der Waals surface area contributed by atoms with Gasteiger partial charge in [-0.05, 0) is 58.4 Å². The molecule has 0 fully saturated rings. The molecule has 11 heteroatoms. The van der Waals surface area contributed by atoms with Gasteiger partial charge in [0.2, 0.25) is 0 Å². The first kappa shape index (κ1) is 24.4. The van der Waals surface area contributed by atoms with E-state index in [4.69, 9.17) is 12.3 Å². The van der Waals surface area contributed by atoms with Gasteiger partial charge in [-0.25, -0.2) is 0 Å². The van der Waals surface area contributed by atoms with Gasteiger partial charge in [0.05, 0.1) is 0 Å². The van der Waals surface area contributed by atoms with Crippen LogP contribution in [0.4, 0.5) is 0 Å². The van der Waals surface area contributed by atoms with E-state index in [9.17, 15) is 9.26 Å². The first-order chi connectivity index (χ1) is 10.6. The Kier molecular flexibility index (Phi) is 9.52. The molecular weight excluding hydrogens is 391 g/mol. The molecule has 0 saturated carbocycles. The number of rotatable bonds is 12. The van der Waals surface area contributed by atoms with Crippen molar-refractivity contribution in [3.8, 4) is 0 Å². The largest absolute Gasteiger partial charge is 0.436 e. The summed E-state index contributed by atoms with van der Waals surface area (Å²) in [5.41, 5.74) is 0.683. The Bertz CT molecular complexity index is 441. The number of nitrogens with one attached hydrogen (secondary N) is 1. The fourth-order valence-corrected chi connectivity index (χ4v) is 24.3. The summed E-state index contributed by atoms with van der Waals surface area (Å²) in [6, 6.07) is 0.722. The van der Waals surface area contributed by atoms with E-state index < -0.39 is 42.6 Å². The van der Waals surface area contributed by atoms with Crippen molar-refractivity contribution in [1.29, 1.82) is 0 Å². The highest BCUT2D eigenvalue weighted by molar-refractivity contribution is 6.91. The molecule has 0 amide bonds. The predicted molar refractivity (Wildman–Crippen MR) is 109 cm³/mol. The molecule has 1 unspecified atom stereocenters. The molecule has 0 aliphatic heterocycles. The van der Waals surface area contributed by atoms with Crippen molar-refractivity contribution in [1.82, 2.24) is 4.98 Å². The molecule has 0 saturated heterocycles. The van der Waals surface area contributed by atoms with Gasteiger partial charge in [0, 0.05) is 12.2 Å². The van der Waals surface area contributed by atoms with Gasteiger partial charge in [-0.1, -0.05) is 6.92 Å². The van der Waals surface area contributed by atoms with E-state index in [0.29, 0.717) is 5.67 Å². The van der Waals surface area contributed by atoms with E-state index in [-0.39, 0.29) is 6.54 Å². The molecule has 0 aromatic carbocycles. The molecule has 0 radical (unpaired) electrons. The highest BCUT2D eigenvalue weighted by Crippen LogP contribution is 2.24. The summed E-state index contributed by atoms with van der Waals surface area (Å²) in [4.78, 5) is 14.0. The van der Waals surface area contributed by atoms with Gasteiger partial charge in [0.25, 0.3) is 8.68 Å². The lowest BCUT2D eigenvalue weighted by molar-refractivity contribution is -0.107. The zero-order chi connectivity index (χ0) is 19.2. The fraction of sp³-hybridized carbons (Fsp3) is 0.923. The second-order valence-corrected chi connectivity index (χ2v) is 26.6. The smallest absolute Gasteiger partial charge is 0.402 e. The third-order valence-corrected chi connectivity index (χ3v) is 21.3. The molecule has 0 rings (SSSR count). The van der Waals surface area contributed by atoms with Crippen LogP contribution in [0.15, 0.2) is 0 Å². The monoisotopic (exact) mass is 425 g/mol. The molecular formula is C13H35NO5Si5. The Balaban J connectivity index is 5.14. The van der Waals surface area contributed by atoms with Gasteiger partial charge in [0.1, 0.15) is 6.29 Å². The second kappa shape index (κ2) is 9.37. The van der Waals surface area contributed by atoms with Crippen molar-refractivity contribution in [2.75, 3.05) is 6.54 Å². The standard InChI is InChI=1S/C13H35NO5Si5/c1-10-20(16)13-22(5,6)18-23(7,8)19-24(9,14-11-12-15)17-21(2,3)4/h12,14H,10-11,13H2,1-9H3. The molecule has 0 aliphatic rings. The van der Waals surface area contributed by atoms with E-state index in [1.807, 2.05) is 26.6 Å². The Labute approximate surface area is 153 Å². The summed E-state index contributed by atoms with van der Waals surface area (Å²) >= 11 is 0. The first-order valence-corrected chi connectivity index (χ1v) is 21.9. The zero-order valence-corrected chi connectivity index (χ0v) is 21.7. The van der Waals surface area contributed by atoms with Crippen molar-refractivity contribution in [2.24, 2.45) is 0 Å². The number of hydrogen-bond donors (Lipinski definition) is 1. The van der Waals surface area contributed by atoms with Crippen LogP contribution in [0, 0.1) is 0 Å². The van der Waals surface area contributed by atoms with E-state index in [0.717, 1.165) is 12.3 Å². The van der Waals surface area contributed by atoms with E-state index in [1.165, 1.54) is 0 Å². The lowest BCUT2D eigenvalue weighted by atomic mass is 10.8. The van der Waals surface area contributed by atoms with Crippen LogP contribution in [0.2, 0.25) is 64.1 Å². The van der Waals surface area contributed by atoms with Crippen LogP contribution in [0.3, 0.4) is 0 Å². The van der Waals surface area contributed by atoms with Crippen LogP contribution in [0.25, 0.3) is 0 Å². The maximum absolute atomic E-state index is 12.0. The summed E-state index contributed by atoms with van der Waals surface area (Å²) < 4.78 is 31.1. The molecule has 6 nitrogen and oxygen atoms in total. The molecule has 0 aliphatic carbocycles.